The fourth-order valence-corrected chi connectivity index (χ4v) is 1.79. The highest BCUT2D eigenvalue weighted by molar-refractivity contribution is 6.32. The predicted molar refractivity (Wildman–Crippen MR) is 67.6 cm³/mol. The largest absolute Gasteiger partial charge is 0.484 e. The molecular weight excluding hydrogens is 293 g/mol. The number of carbonyl (C=O) groups is 1. The lowest BCUT2D eigenvalue weighted by molar-refractivity contribution is 0.0913. The first-order chi connectivity index (χ1) is 9.49. The Morgan fingerprint density at radius 1 is 1.10 bits per heavy atom. The van der Waals surface area contributed by atoms with Gasteiger partial charge in [0.2, 0.25) is 5.78 Å². The molecule has 0 saturated heterocycles. The molecule has 0 aromatic heterocycles. The molecule has 2 aromatic carbocycles. The molecule has 0 amide bonds. The Bertz CT molecular complexity index is 639. The van der Waals surface area contributed by atoms with E-state index in [0.717, 1.165) is 30.3 Å². The molecule has 0 radical (unpaired) electrons. The summed E-state index contributed by atoms with van der Waals surface area (Å²) in [5, 5.41) is -0.0354. The maximum Gasteiger partial charge on any atom is 0.206 e. The van der Waals surface area contributed by atoms with Gasteiger partial charge in [-0.3, -0.25) is 4.79 Å². The van der Waals surface area contributed by atoms with Crippen molar-refractivity contribution in [2.45, 2.75) is 0 Å². The van der Waals surface area contributed by atoms with Crippen LogP contribution in [-0.2, 0) is 0 Å². The molecule has 0 aliphatic heterocycles. The number of ether oxygens (including phenoxy) is 1. The molecule has 0 aliphatic rings. The van der Waals surface area contributed by atoms with Crippen molar-refractivity contribution in [1.82, 2.24) is 0 Å². The molecule has 0 atom stereocenters. The monoisotopic (exact) mass is 300 g/mol. The van der Waals surface area contributed by atoms with Gasteiger partial charge in [0.05, 0.1) is 10.6 Å². The number of ketones is 1. The smallest absolute Gasteiger partial charge is 0.206 e. The van der Waals surface area contributed by atoms with Gasteiger partial charge >= 0.3 is 0 Å². The quantitative estimate of drug-likeness (QED) is 0.797. The maximum atomic E-state index is 13.4. The van der Waals surface area contributed by atoms with Crippen molar-refractivity contribution in [1.29, 1.82) is 0 Å². The summed E-state index contributed by atoms with van der Waals surface area (Å²) in [4.78, 5) is 11.7. The highest BCUT2D eigenvalue weighted by Gasteiger charge is 2.18. The van der Waals surface area contributed by atoms with Gasteiger partial charge in [0, 0.05) is 0 Å². The summed E-state index contributed by atoms with van der Waals surface area (Å²) in [5.74, 6) is -3.32. The number of Topliss-reactive ketones (excluding diaryl/α,β-unsaturated/α-hetero) is 1. The minimum Gasteiger partial charge on any atom is -0.484 e. The number of halogens is 4. The van der Waals surface area contributed by atoms with Crippen LogP contribution >= 0.6 is 11.6 Å². The van der Waals surface area contributed by atoms with Crippen LogP contribution in [-0.4, -0.2) is 12.4 Å². The van der Waals surface area contributed by atoms with E-state index < -0.39 is 35.4 Å². The number of hydrogen-bond donors (Lipinski definition) is 0. The van der Waals surface area contributed by atoms with Crippen LogP contribution in [0.15, 0.2) is 36.4 Å². The second kappa shape index (κ2) is 5.96. The third kappa shape index (κ3) is 3.11. The van der Waals surface area contributed by atoms with Crippen LogP contribution in [0.25, 0.3) is 0 Å². The van der Waals surface area contributed by atoms with Crippen molar-refractivity contribution in [2.24, 2.45) is 0 Å². The van der Waals surface area contributed by atoms with Crippen molar-refractivity contribution in [3.8, 4) is 5.75 Å². The summed E-state index contributed by atoms with van der Waals surface area (Å²) in [7, 11) is 0. The molecule has 0 heterocycles. The number of hydrogen-bond acceptors (Lipinski definition) is 2. The van der Waals surface area contributed by atoms with Crippen molar-refractivity contribution in [3.05, 3.63) is 64.4 Å². The second-order valence-corrected chi connectivity index (χ2v) is 4.29. The normalized spacial score (nSPS) is 10.4. The van der Waals surface area contributed by atoms with Gasteiger partial charge in [-0.25, -0.2) is 13.2 Å². The first-order valence-corrected chi connectivity index (χ1v) is 5.92. The summed E-state index contributed by atoms with van der Waals surface area (Å²) in [6, 6.07) is 6.42. The van der Waals surface area contributed by atoms with Gasteiger partial charge in [-0.1, -0.05) is 17.7 Å². The minimum absolute atomic E-state index is 0.0354. The molecule has 0 fully saturated rings. The van der Waals surface area contributed by atoms with E-state index >= 15 is 0 Å². The van der Waals surface area contributed by atoms with E-state index in [1.54, 1.807) is 0 Å². The summed E-state index contributed by atoms with van der Waals surface area (Å²) in [6.07, 6.45) is 0. The Balaban J connectivity index is 2.13. The second-order valence-electron chi connectivity index (χ2n) is 3.88. The molecule has 0 N–H and O–H groups in total. The molecule has 0 unspecified atom stereocenters. The lowest BCUT2D eigenvalue weighted by Crippen LogP contribution is -2.15. The van der Waals surface area contributed by atoms with E-state index in [-0.39, 0.29) is 10.8 Å². The van der Waals surface area contributed by atoms with E-state index in [2.05, 4.69) is 0 Å². The average molecular weight is 301 g/mol. The van der Waals surface area contributed by atoms with Gasteiger partial charge in [-0.05, 0) is 30.3 Å². The number of carbonyl (C=O) groups excluding carboxylic acids is 1. The van der Waals surface area contributed by atoms with Crippen LogP contribution in [0.2, 0.25) is 5.02 Å². The summed E-state index contributed by atoms with van der Waals surface area (Å²) < 4.78 is 44.6. The van der Waals surface area contributed by atoms with E-state index in [1.165, 1.54) is 6.07 Å². The molecule has 6 heteroatoms. The molecule has 2 nitrogen and oxygen atoms in total. The molecule has 0 bridgehead atoms. The van der Waals surface area contributed by atoms with E-state index in [9.17, 15) is 18.0 Å². The summed E-state index contributed by atoms with van der Waals surface area (Å²) in [6.45, 7) is -0.608. The SMILES string of the molecule is O=C(COc1ccc(F)cc1Cl)c1c(F)cccc1F. The maximum absolute atomic E-state index is 13.4. The first-order valence-electron chi connectivity index (χ1n) is 5.54. The van der Waals surface area contributed by atoms with Gasteiger partial charge in [-0.2, -0.15) is 0 Å². The average Bonchev–Trinajstić information content (AvgIpc) is 2.37. The van der Waals surface area contributed by atoms with Crippen LogP contribution in [0.5, 0.6) is 5.75 Å². The van der Waals surface area contributed by atoms with Gasteiger partial charge in [0.15, 0.2) is 6.61 Å². The Morgan fingerprint density at radius 3 is 2.35 bits per heavy atom. The Labute approximate surface area is 117 Å². The van der Waals surface area contributed by atoms with Crippen molar-refractivity contribution in [3.63, 3.8) is 0 Å². The van der Waals surface area contributed by atoms with E-state index in [0.29, 0.717) is 0 Å². The van der Waals surface area contributed by atoms with Crippen molar-refractivity contribution < 1.29 is 22.7 Å². The van der Waals surface area contributed by atoms with Crippen molar-refractivity contribution >= 4 is 17.4 Å². The molecule has 0 aliphatic carbocycles. The number of benzene rings is 2. The summed E-state index contributed by atoms with van der Waals surface area (Å²) >= 11 is 5.70. The molecule has 0 spiro atoms. The lowest BCUT2D eigenvalue weighted by atomic mass is 10.1. The zero-order valence-corrected chi connectivity index (χ0v) is 10.8. The highest BCUT2D eigenvalue weighted by Crippen LogP contribution is 2.25. The van der Waals surface area contributed by atoms with Crippen LogP contribution in [0, 0.1) is 17.5 Å². The molecule has 104 valence electrons. The molecule has 20 heavy (non-hydrogen) atoms. The first kappa shape index (κ1) is 14.4. The molecule has 0 saturated carbocycles. The zero-order valence-electron chi connectivity index (χ0n) is 10.00. The van der Waals surface area contributed by atoms with Crippen LogP contribution in [0.4, 0.5) is 13.2 Å². The standard InChI is InChI=1S/C14H8ClF3O2/c15-9-6-8(16)4-5-13(9)20-7-12(19)14-10(17)2-1-3-11(14)18/h1-6H,7H2. The molecule has 2 rings (SSSR count). The zero-order chi connectivity index (χ0) is 14.7. The van der Waals surface area contributed by atoms with Gasteiger partial charge in [0.1, 0.15) is 23.2 Å². The fourth-order valence-electron chi connectivity index (χ4n) is 1.57. The predicted octanol–water partition coefficient (Wildman–Crippen LogP) is 4.02. The fraction of sp³-hybridized carbons (Fsp3) is 0.0714. The van der Waals surface area contributed by atoms with Gasteiger partial charge < -0.3 is 4.74 Å². The Morgan fingerprint density at radius 2 is 1.75 bits per heavy atom. The Kier molecular flexibility index (Phi) is 4.29. The van der Waals surface area contributed by atoms with Crippen LogP contribution in [0.3, 0.4) is 0 Å². The van der Waals surface area contributed by atoms with Gasteiger partial charge in [-0.15, -0.1) is 0 Å². The van der Waals surface area contributed by atoms with E-state index in [4.69, 9.17) is 16.3 Å². The van der Waals surface area contributed by atoms with Crippen LogP contribution in [0.1, 0.15) is 10.4 Å². The third-order valence-corrected chi connectivity index (χ3v) is 2.79. The minimum atomic E-state index is -0.969. The Hall–Kier alpha value is -2.01. The van der Waals surface area contributed by atoms with Crippen molar-refractivity contribution in [2.75, 3.05) is 6.61 Å². The lowest BCUT2D eigenvalue weighted by Gasteiger charge is -2.08. The number of rotatable bonds is 4. The molecular formula is C14H8ClF3O2. The van der Waals surface area contributed by atoms with Gasteiger partial charge in [0.25, 0.3) is 0 Å². The van der Waals surface area contributed by atoms with E-state index in [1.807, 2.05) is 0 Å². The highest BCUT2D eigenvalue weighted by atomic mass is 35.5. The third-order valence-electron chi connectivity index (χ3n) is 2.49. The topological polar surface area (TPSA) is 26.3 Å². The molecule has 2 aromatic rings. The summed E-state index contributed by atoms with van der Waals surface area (Å²) in [5.41, 5.74) is -0.675. The van der Waals surface area contributed by atoms with Crippen LogP contribution < -0.4 is 4.74 Å².